The van der Waals surface area contributed by atoms with Crippen LogP contribution in [0.2, 0.25) is 0 Å². The van der Waals surface area contributed by atoms with E-state index in [1.807, 2.05) is 0 Å². The van der Waals surface area contributed by atoms with Gasteiger partial charge in [0.2, 0.25) is 0 Å². The van der Waals surface area contributed by atoms with Crippen molar-refractivity contribution in [2.24, 2.45) is 17.3 Å². The standard InChI is InChI=1S/C23H42O/c1-2-3-4-7-13-22(21-14-8-5-9-15-21)16-12-19-23(20-24)17-10-6-11-18-23/h20-22H,2-19H2,1H3. The Bertz CT molecular complexity index is 323. The molecule has 1 unspecified atom stereocenters. The van der Waals surface area contributed by atoms with Crippen molar-refractivity contribution in [2.45, 2.75) is 122 Å². The number of hydrogen-bond acceptors (Lipinski definition) is 1. The van der Waals surface area contributed by atoms with Gasteiger partial charge in [0.05, 0.1) is 0 Å². The molecule has 140 valence electrons. The monoisotopic (exact) mass is 334 g/mol. The molecular weight excluding hydrogens is 292 g/mol. The van der Waals surface area contributed by atoms with Gasteiger partial charge in [0, 0.05) is 5.41 Å². The number of carbonyl (C=O) groups excluding carboxylic acids is 1. The molecule has 0 amide bonds. The van der Waals surface area contributed by atoms with Gasteiger partial charge in [-0.15, -0.1) is 0 Å². The molecule has 0 radical (unpaired) electrons. The summed E-state index contributed by atoms with van der Waals surface area (Å²) >= 11 is 0. The zero-order chi connectivity index (χ0) is 17.1. The van der Waals surface area contributed by atoms with Crippen molar-refractivity contribution in [1.82, 2.24) is 0 Å². The second-order valence-corrected chi connectivity index (χ2v) is 8.94. The fraction of sp³-hybridized carbons (Fsp3) is 0.957. The molecule has 1 heteroatoms. The summed E-state index contributed by atoms with van der Waals surface area (Å²) in [6.45, 7) is 2.31. The van der Waals surface area contributed by atoms with Crippen molar-refractivity contribution in [3.05, 3.63) is 0 Å². The van der Waals surface area contributed by atoms with E-state index in [4.69, 9.17) is 0 Å². The maximum Gasteiger partial charge on any atom is 0.126 e. The highest BCUT2D eigenvalue weighted by atomic mass is 16.1. The maximum atomic E-state index is 11.7. The average Bonchev–Trinajstić information content (AvgIpc) is 2.65. The van der Waals surface area contributed by atoms with Gasteiger partial charge in [-0.1, -0.05) is 103 Å². The molecule has 2 saturated carbocycles. The molecule has 0 aliphatic heterocycles. The van der Waals surface area contributed by atoms with Crippen LogP contribution in [0.25, 0.3) is 0 Å². The number of rotatable bonds is 11. The molecule has 0 bridgehead atoms. The molecule has 2 aliphatic carbocycles. The van der Waals surface area contributed by atoms with E-state index in [1.165, 1.54) is 122 Å². The van der Waals surface area contributed by atoms with Crippen LogP contribution in [0.15, 0.2) is 0 Å². The van der Waals surface area contributed by atoms with E-state index in [0.29, 0.717) is 0 Å². The normalized spacial score (nSPS) is 23.0. The predicted octanol–water partition coefficient (Wildman–Crippen LogP) is 7.47. The summed E-state index contributed by atoms with van der Waals surface area (Å²) in [6, 6.07) is 0. The number of carbonyl (C=O) groups is 1. The summed E-state index contributed by atoms with van der Waals surface area (Å²) in [6.07, 6.45) is 25.9. The van der Waals surface area contributed by atoms with Crippen molar-refractivity contribution < 1.29 is 4.79 Å². The molecule has 24 heavy (non-hydrogen) atoms. The second kappa shape index (κ2) is 11.3. The molecule has 0 saturated heterocycles. The van der Waals surface area contributed by atoms with Crippen molar-refractivity contribution in [1.29, 1.82) is 0 Å². The predicted molar refractivity (Wildman–Crippen MR) is 104 cm³/mol. The highest BCUT2D eigenvalue weighted by molar-refractivity contribution is 5.59. The highest BCUT2D eigenvalue weighted by Crippen LogP contribution is 2.41. The molecule has 2 aliphatic rings. The third-order valence-corrected chi connectivity index (χ3v) is 7.09. The van der Waals surface area contributed by atoms with Crippen LogP contribution in [0.4, 0.5) is 0 Å². The minimum atomic E-state index is 0.0670. The summed E-state index contributed by atoms with van der Waals surface area (Å²) < 4.78 is 0. The van der Waals surface area contributed by atoms with Crippen LogP contribution in [0.1, 0.15) is 122 Å². The number of unbranched alkanes of at least 4 members (excludes halogenated alkanes) is 3. The summed E-state index contributed by atoms with van der Waals surface area (Å²) in [4.78, 5) is 11.7. The van der Waals surface area contributed by atoms with Crippen LogP contribution in [0.5, 0.6) is 0 Å². The zero-order valence-electron chi connectivity index (χ0n) is 16.4. The highest BCUT2D eigenvalue weighted by Gasteiger charge is 2.32. The molecule has 2 fully saturated rings. The zero-order valence-corrected chi connectivity index (χ0v) is 16.4. The second-order valence-electron chi connectivity index (χ2n) is 8.94. The molecule has 1 nitrogen and oxygen atoms in total. The van der Waals surface area contributed by atoms with Crippen LogP contribution < -0.4 is 0 Å². The van der Waals surface area contributed by atoms with E-state index < -0.39 is 0 Å². The quantitative estimate of drug-likeness (QED) is 0.283. The Morgan fingerprint density at radius 3 is 2.21 bits per heavy atom. The Labute approximate surface area is 151 Å². The smallest absolute Gasteiger partial charge is 0.126 e. The van der Waals surface area contributed by atoms with Gasteiger partial charge in [0.1, 0.15) is 6.29 Å². The summed E-state index contributed by atoms with van der Waals surface area (Å²) in [5, 5.41) is 0. The molecule has 1 atom stereocenters. The van der Waals surface area contributed by atoms with E-state index in [9.17, 15) is 4.79 Å². The lowest BCUT2D eigenvalue weighted by Crippen LogP contribution is -2.26. The Hall–Kier alpha value is -0.330. The molecule has 0 spiro atoms. The largest absolute Gasteiger partial charge is 0.303 e. The third-order valence-electron chi connectivity index (χ3n) is 7.09. The average molecular weight is 335 g/mol. The van der Waals surface area contributed by atoms with Gasteiger partial charge < -0.3 is 4.79 Å². The topological polar surface area (TPSA) is 17.1 Å². The number of hydrogen-bond donors (Lipinski definition) is 0. The van der Waals surface area contributed by atoms with Gasteiger partial charge in [-0.05, 0) is 31.1 Å². The first-order chi connectivity index (χ1) is 11.8. The van der Waals surface area contributed by atoms with Crippen LogP contribution in [-0.4, -0.2) is 6.29 Å². The lowest BCUT2D eigenvalue weighted by molar-refractivity contribution is -0.118. The van der Waals surface area contributed by atoms with E-state index in [-0.39, 0.29) is 5.41 Å². The van der Waals surface area contributed by atoms with Gasteiger partial charge >= 0.3 is 0 Å². The van der Waals surface area contributed by atoms with Gasteiger partial charge in [-0.25, -0.2) is 0 Å². The molecule has 0 heterocycles. The van der Waals surface area contributed by atoms with Crippen LogP contribution in [0, 0.1) is 17.3 Å². The van der Waals surface area contributed by atoms with E-state index in [0.717, 1.165) is 11.8 Å². The molecule has 0 aromatic rings. The van der Waals surface area contributed by atoms with Gasteiger partial charge in [0.15, 0.2) is 0 Å². The molecule has 0 aromatic heterocycles. The van der Waals surface area contributed by atoms with E-state index >= 15 is 0 Å². The Morgan fingerprint density at radius 1 is 0.875 bits per heavy atom. The fourth-order valence-corrected chi connectivity index (χ4v) is 5.45. The van der Waals surface area contributed by atoms with Crippen LogP contribution in [0.3, 0.4) is 0 Å². The van der Waals surface area contributed by atoms with Gasteiger partial charge in [-0.2, -0.15) is 0 Å². The summed E-state index contributed by atoms with van der Waals surface area (Å²) in [7, 11) is 0. The van der Waals surface area contributed by atoms with Crippen molar-refractivity contribution in [2.75, 3.05) is 0 Å². The lowest BCUT2D eigenvalue weighted by Gasteiger charge is -2.34. The summed E-state index contributed by atoms with van der Waals surface area (Å²) in [5.74, 6) is 1.95. The molecule has 0 aromatic carbocycles. The van der Waals surface area contributed by atoms with Crippen molar-refractivity contribution >= 4 is 6.29 Å². The van der Waals surface area contributed by atoms with Gasteiger partial charge in [0.25, 0.3) is 0 Å². The first-order valence-electron chi connectivity index (χ1n) is 11.3. The SMILES string of the molecule is CCCCCCC(CCCC1(C=O)CCCCC1)C1CCCCC1. The van der Waals surface area contributed by atoms with Crippen molar-refractivity contribution in [3.63, 3.8) is 0 Å². The van der Waals surface area contributed by atoms with E-state index in [2.05, 4.69) is 6.92 Å². The Morgan fingerprint density at radius 2 is 1.54 bits per heavy atom. The minimum absolute atomic E-state index is 0.0670. The molecule has 0 N–H and O–H groups in total. The van der Waals surface area contributed by atoms with Crippen LogP contribution >= 0.6 is 0 Å². The molecular formula is C23H42O. The van der Waals surface area contributed by atoms with Crippen molar-refractivity contribution in [3.8, 4) is 0 Å². The van der Waals surface area contributed by atoms with Crippen LogP contribution in [-0.2, 0) is 4.79 Å². The molecule has 2 rings (SSSR count). The third kappa shape index (κ3) is 6.52. The Balaban J connectivity index is 1.78. The lowest BCUT2D eigenvalue weighted by atomic mass is 9.70. The minimum Gasteiger partial charge on any atom is -0.303 e. The number of aldehydes is 1. The fourth-order valence-electron chi connectivity index (χ4n) is 5.45. The Kier molecular flexibility index (Phi) is 9.43. The first kappa shape index (κ1) is 20.0. The van der Waals surface area contributed by atoms with E-state index in [1.54, 1.807) is 0 Å². The summed E-state index contributed by atoms with van der Waals surface area (Å²) in [5.41, 5.74) is 0.0670. The maximum absolute atomic E-state index is 11.7. The first-order valence-corrected chi connectivity index (χ1v) is 11.3. The van der Waals surface area contributed by atoms with Gasteiger partial charge in [-0.3, -0.25) is 0 Å².